The largest absolute Gasteiger partial charge is 0.495 e. The highest BCUT2D eigenvalue weighted by Gasteiger charge is 2.14. The van der Waals surface area contributed by atoms with Crippen molar-refractivity contribution in [3.05, 3.63) is 36.3 Å². The number of aromatic nitrogens is 3. The molecule has 0 fully saturated rings. The molecule has 0 aliphatic rings. The van der Waals surface area contributed by atoms with Crippen molar-refractivity contribution in [2.75, 3.05) is 12.4 Å². The monoisotopic (exact) mass is 270 g/mol. The molecule has 0 amide bonds. The highest BCUT2D eigenvalue weighted by molar-refractivity contribution is 5.90. The summed E-state index contributed by atoms with van der Waals surface area (Å²) in [5.74, 6) is 1.41. The van der Waals surface area contributed by atoms with Gasteiger partial charge in [-0.2, -0.15) is 4.98 Å². The zero-order valence-corrected chi connectivity index (χ0v) is 11.3. The van der Waals surface area contributed by atoms with Crippen molar-refractivity contribution in [1.82, 2.24) is 15.1 Å². The second kappa shape index (κ2) is 5.16. The summed E-state index contributed by atoms with van der Waals surface area (Å²) in [6.07, 6.45) is 2.20. The van der Waals surface area contributed by atoms with Crippen molar-refractivity contribution < 1.29 is 9.26 Å². The minimum absolute atomic E-state index is 0.481. The number of nitrogens with one attached hydrogen (secondary N) is 1. The van der Waals surface area contributed by atoms with Crippen LogP contribution in [0.15, 0.2) is 35.1 Å². The first kappa shape index (κ1) is 12.4. The third-order valence-electron chi connectivity index (χ3n) is 3.04. The number of nitrogens with zero attached hydrogens (tertiary/aromatic N) is 3. The van der Waals surface area contributed by atoms with Gasteiger partial charge in [0.25, 0.3) is 5.71 Å². The maximum absolute atomic E-state index is 5.32. The molecule has 1 N–H and O–H groups in total. The summed E-state index contributed by atoms with van der Waals surface area (Å²) in [4.78, 5) is 8.36. The second-order valence-corrected chi connectivity index (χ2v) is 4.21. The molecule has 0 aliphatic carbocycles. The highest BCUT2D eigenvalue weighted by atomic mass is 16.5. The van der Waals surface area contributed by atoms with Crippen LogP contribution in [-0.2, 0) is 6.42 Å². The van der Waals surface area contributed by atoms with Crippen LogP contribution in [0, 0.1) is 0 Å². The Morgan fingerprint density at radius 2 is 2.10 bits per heavy atom. The van der Waals surface area contributed by atoms with Gasteiger partial charge < -0.3 is 14.6 Å². The van der Waals surface area contributed by atoms with Gasteiger partial charge in [-0.05, 0) is 18.6 Å². The minimum atomic E-state index is 0.481. The van der Waals surface area contributed by atoms with Gasteiger partial charge in [0.1, 0.15) is 23.3 Å². The SMILES string of the molecule is CCc1noc2ncnc(Nc3ccccc3OC)c12. The van der Waals surface area contributed by atoms with E-state index in [0.29, 0.717) is 11.5 Å². The third-order valence-corrected chi connectivity index (χ3v) is 3.04. The van der Waals surface area contributed by atoms with Crippen LogP contribution in [0.1, 0.15) is 12.6 Å². The number of hydrogen-bond acceptors (Lipinski definition) is 6. The molecular weight excluding hydrogens is 256 g/mol. The van der Waals surface area contributed by atoms with Gasteiger partial charge in [0.2, 0.25) is 0 Å². The Morgan fingerprint density at radius 1 is 1.25 bits per heavy atom. The van der Waals surface area contributed by atoms with Crippen molar-refractivity contribution in [1.29, 1.82) is 0 Å². The molecule has 0 radical (unpaired) electrons. The lowest BCUT2D eigenvalue weighted by Gasteiger charge is -2.10. The number of methoxy groups -OCH3 is 1. The van der Waals surface area contributed by atoms with Gasteiger partial charge in [-0.3, -0.25) is 0 Å². The van der Waals surface area contributed by atoms with Crippen molar-refractivity contribution in [3.63, 3.8) is 0 Å². The zero-order valence-electron chi connectivity index (χ0n) is 11.3. The van der Waals surface area contributed by atoms with Gasteiger partial charge in [-0.15, -0.1) is 0 Å². The first-order valence-corrected chi connectivity index (χ1v) is 6.32. The lowest BCUT2D eigenvalue weighted by atomic mass is 10.2. The maximum Gasteiger partial charge on any atom is 0.263 e. The summed E-state index contributed by atoms with van der Waals surface area (Å²) >= 11 is 0. The van der Waals surface area contributed by atoms with Gasteiger partial charge >= 0.3 is 0 Å². The Bertz CT molecular complexity index is 739. The molecule has 0 bridgehead atoms. The average Bonchev–Trinajstić information content (AvgIpc) is 2.92. The normalized spacial score (nSPS) is 10.7. The van der Waals surface area contributed by atoms with Crippen LogP contribution in [0.4, 0.5) is 11.5 Å². The minimum Gasteiger partial charge on any atom is -0.495 e. The molecule has 2 heterocycles. The quantitative estimate of drug-likeness (QED) is 0.785. The number of fused-ring (bicyclic) bond motifs is 1. The molecule has 0 spiro atoms. The van der Waals surface area contributed by atoms with E-state index in [0.717, 1.165) is 28.9 Å². The summed E-state index contributed by atoms with van der Waals surface area (Å²) in [6, 6.07) is 7.65. The molecule has 0 atom stereocenters. The van der Waals surface area contributed by atoms with Crippen LogP contribution in [0.2, 0.25) is 0 Å². The second-order valence-electron chi connectivity index (χ2n) is 4.21. The van der Waals surface area contributed by atoms with E-state index in [1.54, 1.807) is 7.11 Å². The zero-order chi connectivity index (χ0) is 13.9. The molecular formula is C14H14N4O2. The van der Waals surface area contributed by atoms with Gasteiger partial charge in [0.05, 0.1) is 18.5 Å². The van der Waals surface area contributed by atoms with Crippen LogP contribution in [0.25, 0.3) is 11.1 Å². The standard InChI is InChI=1S/C14H14N4O2/c1-3-9-12-13(15-8-16-14(12)20-18-9)17-10-6-4-5-7-11(10)19-2/h4-8H,3H2,1-2H3,(H,15,16,17). The van der Waals surface area contributed by atoms with E-state index in [-0.39, 0.29) is 0 Å². The number of ether oxygens (including phenoxy) is 1. The molecule has 6 heteroatoms. The van der Waals surface area contributed by atoms with Crippen LogP contribution >= 0.6 is 0 Å². The van der Waals surface area contributed by atoms with E-state index >= 15 is 0 Å². The molecule has 2 aromatic heterocycles. The topological polar surface area (TPSA) is 73.1 Å². The smallest absolute Gasteiger partial charge is 0.263 e. The van der Waals surface area contributed by atoms with Gasteiger partial charge in [0.15, 0.2) is 0 Å². The average molecular weight is 270 g/mol. The summed E-state index contributed by atoms with van der Waals surface area (Å²) in [5, 5.41) is 8.07. The number of aryl methyl sites for hydroxylation is 1. The van der Waals surface area contributed by atoms with E-state index in [1.165, 1.54) is 6.33 Å². The van der Waals surface area contributed by atoms with Crippen LogP contribution in [-0.4, -0.2) is 22.2 Å². The summed E-state index contributed by atoms with van der Waals surface area (Å²) < 4.78 is 10.5. The molecule has 0 unspecified atom stereocenters. The van der Waals surface area contributed by atoms with E-state index in [4.69, 9.17) is 9.26 Å². The number of para-hydroxylation sites is 2. The Kier molecular flexibility index (Phi) is 3.20. The van der Waals surface area contributed by atoms with Gasteiger partial charge in [-0.25, -0.2) is 4.98 Å². The predicted molar refractivity (Wildman–Crippen MR) is 75.3 cm³/mol. The van der Waals surface area contributed by atoms with Crippen molar-refractivity contribution in [2.45, 2.75) is 13.3 Å². The predicted octanol–water partition coefficient (Wildman–Crippen LogP) is 2.93. The van der Waals surface area contributed by atoms with Crippen LogP contribution in [0.3, 0.4) is 0 Å². The van der Waals surface area contributed by atoms with Crippen LogP contribution in [0.5, 0.6) is 5.75 Å². The lowest BCUT2D eigenvalue weighted by molar-refractivity contribution is 0.417. The van der Waals surface area contributed by atoms with Crippen molar-refractivity contribution in [2.24, 2.45) is 0 Å². The van der Waals surface area contributed by atoms with Crippen molar-refractivity contribution in [3.8, 4) is 5.75 Å². The fraction of sp³-hybridized carbons (Fsp3) is 0.214. The highest BCUT2D eigenvalue weighted by Crippen LogP contribution is 2.30. The molecule has 3 rings (SSSR count). The maximum atomic E-state index is 5.32. The summed E-state index contributed by atoms with van der Waals surface area (Å²) in [6.45, 7) is 2.01. The molecule has 1 aromatic carbocycles. The molecule has 0 saturated carbocycles. The summed E-state index contributed by atoms with van der Waals surface area (Å²) in [5.41, 5.74) is 2.14. The van der Waals surface area contributed by atoms with E-state index in [9.17, 15) is 0 Å². The first-order chi connectivity index (χ1) is 9.83. The number of benzene rings is 1. The molecule has 6 nitrogen and oxygen atoms in total. The summed E-state index contributed by atoms with van der Waals surface area (Å²) in [7, 11) is 1.63. The molecule has 102 valence electrons. The fourth-order valence-corrected chi connectivity index (χ4v) is 2.05. The van der Waals surface area contributed by atoms with E-state index in [1.807, 2.05) is 31.2 Å². The number of rotatable bonds is 4. The molecule has 3 aromatic rings. The molecule has 20 heavy (non-hydrogen) atoms. The number of hydrogen-bond donors (Lipinski definition) is 1. The van der Waals surface area contributed by atoms with Gasteiger partial charge in [-0.1, -0.05) is 24.2 Å². The molecule has 0 aliphatic heterocycles. The Balaban J connectivity index is 2.08. The Hall–Kier alpha value is -2.63. The number of anilines is 2. The molecule has 0 saturated heterocycles. The van der Waals surface area contributed by atoms with Crippen LogP contribution < -0.4 is 10.1 Å². The van der Waals surface area contributed by atoms with Crippen molar-refractivity contribution >= 4 is 22.6 Å². The third kappa shape index (κ3) is 2.05. The first-order valence-electron chi connectivity index (χ1n) is 6.32. The fourth-order valence-electron chi connectivity index (χ4n) is 2.05. The van der Waals surface area contributed by atoms with E-state index < -0.39 is 0 Å². The van der Waals surface area contributed by atoms with Gasteiger partial charge in [0, 0.05) is 0 Å². The lowest BCUT2D eigenvalue weighted by Crippen LogP contribution is -1.98. The van der Waals surface area contributed by atoms with E-state index in [2.05, 4.69) is 20.4 Å². The Morgan fingerprint density at radius 3 is 2.90 bits per heavy atom. The Labute approximate surface area is 115 Å².